The van der Waals surface area contributed by atoms with Gasteiger partial charge in [-0.3, -0.25) is 4.79 Å². The summed E-state index contributed by atoms with van der Waals surface area (Å²) in [4.78, 5) is 25.3. The standard InChI is InChI=1S/C22H36N2O6/c1-22(2,3)30-21(26)23-11-12-24(4)13-15-28-17-16-27-14-10-20(25)29-18-19-8-6-5-7-9-19/h5-9H,10-18H2,1-4H3,(H,23,26). The third kappa shape index (κ3) is 14.8. The van der Waals surface area contributed by atoms with Crippen LogP contribution in [0.4, 0.5) is 4.79 Å². The molecule has 0 aliphatic rings. The lowest BCUT2D eigenvalue weighted by Gasteiger charge is -2.21. The van der Waals surface area contributed by atoms with Gasteiger partial charge in [0, 0.05) is 19.6 Å². The molecule has 30 heavy (non-hydrogen) atoms. The summed E-state index contributed by atoms with van der Waals surface area (Å²) in [6.07, 6.45) is -0.187. The van der Waals surface area contributed by atoms with E-state index in [1.54, 1.807) is 0 Å². The lowest BCUT2D eigenvalue weighted by molar-refractivity contribution is -0.146. The highest BCUT2D eigenvalue weighted by atomic mass is 16.6. The molecule has 1 amide bonds. The fourth-order valence-electron chi connectivity index (χ4n) is 2.28. The number of hydrogen-bond acceptors (Lipinski definition) is 7. The molecule has 0 aliphatic carbocycles. The third-order valence-corrected chi connectivity index (χ3v) is 3.84. The number of nitrogens with zero attached hydrogens (tertiary/aromatic N) is 1. The van der Waals surface area contributed by atoms with Crippen LogP contribution in [0, 0.1) is 0 Å². The molecule has 0 bridgehead atoms. The topological polar surface area (TPSA) is 86.3 Å². The molecule has 0 aliphatic heterocycles. The van der Waals surface area contributed by atoms with Crippen molar-refractivity contribution in [1.82, 2.24) is 10.2 Å². The van der Waals surface area contributed by atoms with Gasteiger partial charge in [-0.05, 0) is 33.4 Å². The highest BCUT2D eigenvalue weighted by molar-refractivity contribution is 5.69. The molecule has 0 atom stereocenters. The van der Waals surface area contributed by atoms with Gasteiger partial charge >= 0.3 is 12.1 Å². The van der Waals surface area contributed by atoms with E-state index in [-0.39, 0.29) is 19.0 Å². The van der Waals surface area contributed by atoms with Crippen molar-refractivity contribution in [3.63, 3.8) is 0 Å². The zero-order chi connectivity index (χ0) is 22.2. The SMILES string of the molecule is CN(CCNC(=O)OC(C)(C)C)CCOCCOCCC(=O)OCc1ccccc1. The lowest BCUT2D eigenvalue weighted by atomic mass is 10.2. The van der Waals surface area contributed by atoms with E-state index in [2.05, 4.69) is 10.2 Å². The number of carbonyl (C=O) groups is 2. The second-order valence-electron chi connectivity index (χ2n) is 7.85. The molecule has 1 aromatic rings. The molecule has 0 spiro atoms. The summed E-state index contributed by atoms with van der Waals surface area (Å²) in [5.41, 5.74) is 0.472. The molecule has 0 fully saturated rings. The molecule has 0 saturated heterocycles. The van der Waals surface area contributed by atoms with Gasteiger partial charge in [0.05, 0.1) is 32.8 Å². The Morgan fingerprint density at radius 3 is 2.30 bits per heavy atom. The average molecular weight is 425 g/mol. The third-order valence-electron chi connectivity index (χ3n) is 3.84. The number of hydrogen-bond donors (Lipinski definition) is 1. The maximum atomic E-state index is 11.7. The van der Waals surface area contributed by atoms with Gasteiger partial charge in [-0.1, -0.05) is 30.3 Å². The second-order valence-corrected chi connectivity index (χ2v) is 7.85. The van der Waals surface area contributed by atoms with E-state index in [1.165, 1.54) is 0 Å². The maximum absolute atomic E-state index is 11.7. The summed E-state index contributed by atoms with van der Waals surface area (Å²) in [6, 6.07) is 9.56. The smallest absolute Gasteiger partial charge is 0.407 e. The van der Waals surface area contributed by atoms with Gasteiger partial charge in [0.2, 0.25) is 0 Å². The molecule has 1 aromatic carbocycles. The van der Waals surface area contributed by atoms with Crippen molar-refractivity contribution < 1.29 is 28.5 Å². The minimum Gasteiger partial charge on any atom is -0.461 e. The highest BCUT2D eigenvalue weighted by Gasteiger charge is 2.15. The molecular weight excluding hydrogens is 388 g/mol. The number of likely N-dealkylation sites (N-methyl/N-ethyl adjacent to an activating group) is 1. The lowest BCUT2D eigenvalue weighted by Crippen LogP contribution is -2.37. The van der Waals surface area contributed by atoms with Crippen molar-refractivity contribution in [3.05, 3.63) is 35.9 Å². The predicted octanol–water partition coefficient (Wildman–Crippen LogP) is 2.61. The van der Waals surface area contributed by atoms with Crippen molar-refractivity contribution in [1.29, 1.82) is 0 Å². The van der Waals surface area contributed by atoms with E-state index in [4.69, 9.17) is 18.9 Å². The Bertz CT molecular complexity index is 603. The number of nitrogens with one attached hydrogen (secondary N) is 1. The Morgan fingerprint density at radius 1 is 0.967 bits per heavy atom. The molecule has 0 heterocycles. The van der Waals surface area contributed by atoms with Crippen LogP contribution in [0.15, 0.2) is 30.3 Å². The van der Waals surface area contributed by atoms with Gasteiger partial charge in [-0.15, -0.1) is 0 Å². The summed E-state index contributed by atoms with van der Waals surface area (Å²) < 4.78 is 21.3. The summed E-state index contributed by atoms with van der Waals surface area (Å²) in [6.45, 7) is 9.48. The highest BCUT2D eigenvalue weighted by Crippen LogP contribution is 2.06. The van der Waals surface area contributed by atoms with Crippen molar-refractivity contribution in [2.75, 3.05) is 53.1 Å². The van der Waals surface area contributed by atoms with Gasteiger partial charge in [-0.25, -0.2) is 4.79 Å². The van der Waals surface area contributed by atoms with E-state index in [1.807, 2.05) is 58.2 Å². The number of esters is 1. The fourth-order valence-corrected chi connectivity index (χ4v) is 2.28. The van der Waals surface area contributed by atoms with Gasteiger partial charge in [-0.2, -0.15) is 0 Å². The maximum Gasteiger partial charge on any atom is 0.407 e. The molecule has 0 unspecified atom stereocenters. The number of alkyl carbamates (subject to hydrolysis) is 1. The van der Waals surface area contributed by atoms with Crippen LogP contribution < -0.4 is 5.32 Å². The van der Waals surface area contributed by atoms with Gasteiger partial charge in [0.1, 0.15) is 12.2 Å². The Hall–Kier alpha value is -2.16. The van der Waals surface area contributed by atoms with E-state index in [9.17, 15) is 9.59 Å². The molecular formula is C22H36N2O6. The minimum atomic E-state index is -0.492. The van der Waals surface area contributed by atoms with Crippen molar-refractivity contribution in [2.45, 2.75) is 39.4 Å². The van der Waals surface area contributed by atoms with Crippen molar-refractivity contribution in [2.24, 2.45) is 0 Å². The first-order chi connectivity index (χ1) is 14.3. The quantitative estimate of drug-likeness (QED) is 0.363. The van der Waals surface area contributed by atoms with E-state index in [0.717, 1.165) is 12.1 Å². The van der Waals surface area contributed by atoms with Crippen LogP contribution in [-0.2, 0) is 30.3 Å². The molecule has 170 valence electrons. The van der Waals surface area contributed by atoms with Gasteiger partial charge < -0.3 is 29.2 Å². The van der Waals surface area contributed by atoms with Crippen LogP contribution in [0.1, 0.15) is 32.8 Å². The monoisotopic (exact) mass is 424 g/mol. The Labute approximate surface area is 179 Å². The van der Waals surface area contributed by atoms with E-state index < -0.39 is 11.7 Å². The van der Waals surface area contributed by atoms with Crippen molar-refractivity contribution in [3.8, 4) is 0 Å². The first kappa shape index (κ1) is 25.9. The van der Waals surface area contributed by atoms with E-state index >= 15 is 0 Å². The molecule has 0 radical (unpaired) electrons. The van der Waals surface area contributed by atoms with Crippen LogP contribution in [0.3, 0.4) is 0 Å². The van der Waals surface area contributed by atoms with Crippen LogP contribution in [0.25, 0.3) is 0 Å². The summed E-state index contributed by atoms with van der Waals surface area (Å²) >= 11 is 0. The minimum absolute atomic E-state index is 0.222. The molecule has 8 nitrogen and oxygen atoms in total. The van der Waals surface area contributed by atoms with Crippen LogP contribution in [0.2, 0.25) is 0 Å². The zero-order valence-electron chi connectivity index (χ0n) is 18.6. The van der Waals surface area contributed by atoms with Crippen LogP contribution in [0.5, 0.6) is 0 Å². The predicted molar refractivity (Wildman–Crippen MR) is 114 cm³/mol. The number of carbonyl (C=O) groups excluding carboxylic acids is 2. The first-order valence-electron chi connectivity index (χ1n) is 10.3. The van der Waals surface area contributed by atoms with Gasteiger partial charge in [0.25, 0.3) is 0 Å². The molecule has 0 saturated carbocycles. The van der Waals surface area contributed by atoms with Crippen LogP contribution >= 0.6 is 0 Å². The van der Waals surface area contributed by atoms with E-state index in [0.29, 0.717) is 39.5 Å². The number of benzene rings is 1. The van der Waals surface area contributed by atoms with Crippen LogP contribution in [-0.4, -0.2) is 75.7 Å². The Morgan fingerprint density at radius 2 is 1.63 bits per heavy atom. The van der Waals surface area contributed by atoms with Gasteiger partial charge in [0.15, 0.2) is 0 Å². The number of rotatable bonds is 14. The largest absolute Gasteiger partial charge is 0.461 e. The summed E-state index contributed by atoms with van der Waals surface area (Å²) in [7, 11) is 1.96. The second kappa shape index (κ2) is 14.8. The Kier molecular flexibility index (Phi) is 12.7. The number of amides is 1. The molecule has 1 N–H and O–H groups in total. The number of ether oxygens (including phenoxy) is 4. The molecule has 8 heteroatoms. The first-order valence-corrected chi connectivity index (χ1v) is 10.3. The summed E-state index contributed by atoms with van der Waals surface area (Å²) in [5, 5.41) is 2.72. The average Bonchev–Trinajstić information content (AvgIpc) is 2.67. The molecule has 1 rings (SSSR count). The van der Waals surface area contributed by atoms with Crippen molar-refractivity contribution >= 4 is 12.1 Å². The fraction of sp³-hybridized carbons (Fsp3) is 0.636. The Balaban J connectivity index is 1.90. The normalized spacial score (nSPS) is 11.4. The summed E-state index contributed by atoms with van der Waals surface area (Å²) in [5.74, 6) is -0.276. The zero-order valence-corrected chi connectivity index (χ0v) is 18.6. The molecule has 0 aromatic heterocycles.